The van der Waals surface area contributed by atoms with E-state index in [2.05, 4.69) is 34.5 Å². The Morgan fingerprint density at radius 3 is 2.68 bits per heavy atom. The predicted molar refractivity (Wildman–Crippen MR) is 98.4 cm³/mol. The second-order valence-corrected chi connectivity index (χ2v) is 8.10. The number of nitrogens with zero attached hydrogens (tertiary/aromatic N) is 1. The summed E-state index contributed by atoms with van der Waals surface area (Å²) in [6.07, 6.45) is 7.03. The molecule has 1 aromatic rings. The molecule has 4 rings (SSSR count). The number of nitrogens with one attached hydrogen (secondary N) is 1. The number of hydrogen-bond acceptors (Lipinski definition) is 3. The third-order valence-corrected chi connectivity index (χ3v) is 6.43. The monoisotopic (exact) mass is 342 g/mol. The van der Waals surface area contributed by atoms with Crippen LogP contribution in [-0.2, 0) is 9.53 Å². The van der Waals surface area contributed by atoms with Crippen LogP contribution in [0.3, 0.4) is 0 Å². The van der Waals surface area contributed by atoms with E-state index in [1.165, 1.54) is 49.8 Å². The van der Waals surface area contributed by atoms with E-state index < -0.39 is 0 Å². The molecule has 0 unspecified atom stereocenters. The molecule has 1 aliphatic heterocycles. The van der Waals surface area contributed by atoms with E-state index >= 15 is 0 Å². The van der Waals surface area contributed by atoms with Gasteiger partial charge in [0.15, 0.2) is 0 Å². The lowest BCUT2D eigenvalue weighted by Crippen LogP contribution is -2.36. The van der Waals surface area contributed by atoms with Crippen molar-refractivity contribution in [2.45, 2.75) is 44.1 Å². The third-order valence-electron chi connectivity index (χ3n) is 6.43. The van der Waals surface area contributed by atoms with Crippen LogP contribution in [0, 0.1) is 11.8 Å². The van der Waals surface area contributed by atoms with Crippen LogP contribution < -0.4 is 5.32 Å². The van der Waals surface area contributed by atoms with E-state index in [4.69, 9.17) is 4.74 Å². The van der Waals surface area contributed by atoms with Crippen LogP contribution in [-0.4, -0.2) is 44.2 Å². The summed E-state index contributed by atoms with van der Waals surface area (Å²) in [5.74, 6) is 1.94. The summed E-state index contributed by atoms with van der Waals surface area (Å²) in [7, 11) is 1.58. The molecule has 1 N–H and O–H groups in total. The minimum Gasteiger partial charge on any atom is -0.375 e. The summed E-state index contributed by atoms with van der Waals surface area (Å²) in [6, 6.07) is 8.82. The molecule has 3 aliphatic rings. The summed E-state index contributed by atoms with van der Waals surface area (Å²) in [4.78, 5) is 14.8. The molecule has 1 amide bonds. The topological polar surface area (TPSA) is 41.6 Å². The molecule has 4 heteroatoms. The highest BCUT2D eigenvalue weighted by atomic mass is 16.5. The van der Waals surface area contributed by atoms with E-state index in [1.807, 2.05) is 0 Å². The van der Waals surface area contributed by atoms with E-state index in [0.29, 0.717) is 11.8 Å². The van der Waals surface area contributed by atoms with Gasteiger partial charge in [-0.1, -0.05) is 43.5 Å². The van der Waals surface area contributed by atoms with Crippen molar-refractivity contribution in [2.24, 2.45) is 11.8 Å². The molecule has 0 spiro atoms. The van der Waals surface area contributed by atoms with Gasteiger partial charge in [0.2, 0.25) is 5.91 Å². The lowest BCUT2D eigenvalue weighted by Gasteiger charge is -2.28. The lowest BCUT2D eigenvalue weighted by molar-refractivity contribution is -0.125. The van der Waals surface area contributed by atoms with Crippen molar-refractivity contribution in [1.82, 2.24) is 10.2 Å². The van der Waals surface area contributed by atoms with E-state index in [-0.39, 0.29) is 18.6 Å². The Bertz CT molecular complexity index is 612. The van der Waals surface area contributed by atoms with Gasteiger partial charge in [0.05, 0.1) is 6.04 Å². The zero-order valence-electron chi connectivity index (χ0n) is 15.2. The van der Waals surface area contributed by atoms with Crippen molar-refractivity contribution in [2.75, 3.05) is 33.4 Å². The van der Waals surface area contributed by atoms with E-state index in [0.717, 1.165) is 19.0 Å². The highest BCUT2D eigenvalue weighted by molar-refractivity contribution is 5.78. The number of likely N-dealkylation sites (tertiary alicyclic amines) is 1. The van der Waals surface area contributed by atoms with Crippen LogP contribution >= 0.6 is 0 Å². The molecule has 3 atom stereocenters. The molecular weight excluding hydrogens is 312 g/mol. The van der Waals surface area contributed by atoms with Crippen molar-refractivity contribution in [3.05, 3.63) is 35.4 Å². The maximum absolute atomic E-state index is 12.1. The Morgan fingerprint density at radius 2 is 1.92 bits per heavy atom. The van der Waals surface area contributed by atoms with Crippen LogP contribution in [0.5, 0.6) is 0 Å². The molecule has 0 radical (unpaired) electrons. The number of rotatable bonds is 5. The molecule has 2 fully saturated rings. The molecule has 1 saturated carbocycles. The minimum absolute atomic E-state index is 0.00585. The quantitative estimate of drug-likeness (QED) is 0.894. The molecule has 2 aliphatic carbocycles. The van der Waals surface area contributed by atoms with Gasteiger partial charge in [-0.15, -0.1) is 0 Å². The van der Waals surface area contributed by atoms with Crippen molar-refractivity contribution in [3.8, 4) is 0 Å². The molecule has 25 heavy (non-hydrogen) atoms. The lowest BCUT2D eigenvalue weighted by atomic mass is 9.89. The Kier molecular flexibility index (Phi) is 5.09. The summed E-state index contributed by atoms with van der Waals surface area (Å²) < 4.78 is 5.01. The first kappa shape index (κ1) is 17.0. The summed E-state index contributed by atoms with van der Waals surface area (Å²) in [6.45, 7) is 3.64. The van der Waals surface area contributed by atoms with Gasteiger partial charge in [-0.3, -0.25) is 4.79 Å². The normalized spacial score (nSPS) is 29.4. The molecule has 136 valence electrons. The van der Waals surface area contributed by atoms with Gasteiger partial charge in [0.1, 0.15) is 6.61 Å². The first-order valence-electron chi connectivity index (χ1n) is 9.85. The van der Waals surface area contributed by atoms with Crippen LogP contribution in [0.1, 0.15) is 55.2 Å². The number of methoxy groups -OCH3 is 1. The van der Waals surface area contributed by atoms with Crippen molar-refractivity contribution in [1.29, 1.82) is 0 Å². The number of carbonyl (C=O) groups excluding carboxylic acids is 1. The molecule has 1 aromatic carbocycles. The number of fused-ring (bicyclic) bond motifs is 3. The average Bonchev–Trinajstić information content (AvgIpc) is 3.15. The average molecular weight is 342 g/mol. The second-order valence-electron chi connectivity index (χ2n) is 8.10. The summed E-state index contributed by atoms with van der Waals surface area (Å²) in [5, 5.41) is 3.24. The Balaban J connectivity index is 1.48. The van der Waals surface area contributed by atoms with Crippen LogP contribution in [0.25, 0.3) is 0 Å². The van der Waals surface area contributed by atoms with Gasteiger partial charge in [-0.25, -0.2) is 0 Å². The molecule has 0 bridgehead atoms. The zero-order chi connectivity index (χ0) is 17.2. The van der Waals surface area contributed by atoms with Crippen molar-refractivity contribution < 1.29 is 9.53 Å². The molecular formula is C21H30N2O2. The van der Waals surface area contributed by atoms with Gasteiger partial charge < -0.3 is 15.0 Å². The largest absolute Gasteiger partial charge is 0.375 e. The van der Waals surface area contributed by atoms with E-state index in [9.17, 15) is 4.79 Å². The molecule has 1 saturated heterocycles. The van der Waals surface area contributed by atoms with Crippen LogP contribution in [0.2, 0.25) is 0 Å². The number of carbonyl (C=O) groups is 1. The molecule has 0 aromatic heterocycles. The van der Waals surface area contributed by atoms with Gasteiger partial charge in [-0.05, 0) is 29.9 Å². The Labute approximate surface area is 150 Å². The van der Waals surface area contributed by atoms with Crippen molar-refractivity contribution in [3.63, 3.8) is 0 Å². The highest BCUT2D eigenvalue weighted by Gasteiger charge is 2.46. The minimum atomic E-state index is -0.00585. The van der Waals surface area contributed by atoms with Gasteiger partial charge in [0.25, 0.3) is 0 Å². The van der Waals surface area contributed by atoms with E-state index in [1.54, 1.807) is 7.11 Å². The SMILES string of the molecule is COCC(=O)N[C@@H]1c2ccccc2[C@@H]2CN(CC3CCCCC3)C[C@H]12. The van der Waals surface area contributed by atoms with Gasteiger partial charge in [-0.2, -0.15) is 0 Å². The molecule has 1 heterocycles. The third kappa shape index (κ3) is 3.47. The van der Waals surface area contributed by atoms with Gasteiger partial charge >= 0.3 is 0 Å². The smallest absolute Gasteiger partial charge is 0.246 e. The standard InChI is InChI=1S/C21H30N2O2/c1-25-14-20(24)22-21-17-10-6-5-9-16(17)18-12-23(13-19(18)21)11-15-7-3-2-4-8-15/h5-6,9-10,15,18-19,21H,2-4,7-8,11-14H2,1H3,(H,22,24)/t18-,19-,21+/m0/s1. The fourth-order valence-electron chi connectivity index (χ4n) is 5.36. The van der Waals surface area contributed by atoms with Gasteiger partial charge in [0, 0.05) is 38.6 Å². The van der Waals surface area contributed by atoms with Crippen molar-refractivity contribution >= 4 is 5.91 Å². The molecule has 4 nitrogen and oxygen atoms in total. The Morgan fingerprint density at radius 1 is 1.16 bits per heavy atom. The maximum Gasteiger partial charge on any atom is 0.246 e. The van der Waals surface area contributed by atoms with Crippen LogP contribution in [0.15, 0.2) is 24.3 Å². The summed E-state index contributed by atoms with van der Waals surface area (Å²) in [5.41, 5.74) is 2.76. The first-order chi connectivity index (χ1) is 12.3. The number of hydrogen-bond donors (Lipinski definition) is 1. The fourth-order valence-corrected chi connectivity index (χ4v) is 5.36. The zero-order valence-corrected chi connectivity index (χ0v) is 15.2. The first-order valence-corrected chi connectivity index (χ1v) is 9.85. The highest BCUT2D eigenvalue weighted by Crippen LogP contribution is 2.49. The number of ether oxygens (including phenoxy) is 1. The number of amides is 1. The maximum atomic E-state index is 12.1. The number of benzene rings is 1. The van der Waals surface area contributed by atoms with Crippen LogP contribution in [0.4, 0.5) is 0 Å². The Hall–Kier alpha value is -1.39. The summed E-state index contributed by atoms with van der Waals surface area (Å²) >= 11 is 0. The fraction of sp³-hybridized carbons (Fsp3) is 0.667. The predicted octanol–water partition coefficient (Wildman–Crippen LogP) is 3.10. The second kappa shape index (κ2) is 7.46.